The summed E-state index contributed by atoms with van der Waals surface area (Å²) in [6.45, 7) is 3.10. The zero-order valence-electron chi connectivity index (χ0n) is 14.4. The highest BCUT2D eigenvalue weighted by atomic mass is 127. The highest BCUT2D eigenvalue weighted by molar-refractivity contribution is 14.0. The number of nitrogens with two attached hydrogens (primary N) is 1. The van der Waals surface area contributed by atoms with Crippen molar-refractivity contribution in [1.82, 2.24) is 9.88 Å². The quantitative estimate of drug-likeness (QED) is 0.224. The van der Waals surface area contributed by atoms with Crippen LogP contribution in [0.2, 0.25) is 0 Å². The highest BCUT2D eigenvalue weighted by Crippen LogP contribution is 2.29. The zero-order valence-corrected chi connectivity index (χ0v) is 17.5. The Hall–Kier alpha value is -2.00. The standard InChI is InChI=1S/C19H20N4OS.HI/c1-13-6-2-3-7-14(13)18(24)22-10-11-23-12-17(25-19(20)21)15-8-4-5-9-16(15)23;/h2-9,12H,10-11H2,1H3,(H3,20,21)(H,22,24);1H. The Balaban J connectivity index is 0.00000243. The van der Waals surface area contributed by atoms with Crippen LogP contribution >= 0.6 is 35.7 Å². The Kier molecular flexibility index (Phi) is 7.10. The number of amidine groups is 1. The van der Waals surface area contributed by atoms with Crippen LogP contribution in [0.3, 0.4) is 0 Å². The Morgan fingerprint density at radius 2 is 1.88 bits per heavy atom. The molecule has 0 saturated carbocycles. The van der Waals surface area contributed by atoms with Crippen LogP contribution in [-0.4, -0.2) is 22.2 Å². The summed E-state index contributed by atoms with van der Waals surface area (Å²) in [5.41, 5.74) is 8.26. The van der Waals surface area contributed by atoms with Crippen LogP contribution in [0.1, 0.15) is 15.9 Å². The Labute approximate surface area is 173 Å². The number of aromatic nitrogens is 1. The first-order valence-electron chi connectivity index (χ1n) is 8.00. The van der Waals surface area contributed by atoms with Gasteiger partial charge in [0.2, 0.25) is 0 Å². The van der Waals surface area contributed by atoms with E-state index in [0.717, 1.165) is 21.4 Å². The SMILES string of the molecule is Cc1ccccc1C(=O)NCCn1cc(SC(=N)N)c2ccccc21.I. The summed E-state index contributed by atoms with van der Waals surface area (Å²) in [6, 6.07) is 15.5. The van der Waals surface area contributed by atoms with Gasteiger partial charge < -0.3 is 15.6 Å². The molecule has 3 rings (SSSR count). The monoisotopic (exact) mass is 480 g/mol. The smallest absolute Gasteiger partial charge is 0.251 e. The van der Waals surface area contributed by atoms with Crippen LogP contribution in [0.15, 0.2) is 59.6 Å². The van der Waals surface area contributed by atoms with Crippen LogP contribution in [0, 0.1) is 12.3 Å². The lowest BCUT2D eigenvalue weighted by Gasteiger charge is -2.09. The van der Waals surface area contributed by atoms with E-state index in [1.165, 1.54) is 11.8 Å². The predicted octanol–water partition coefficient (Wildman–Crippen LogP) is 3.98. The summed E-state index contributed by atoms with van der Waals surface area (Å²) >= 11 is 1.24. The molecule has 0 aliphatic rings. The van der Waals surface area contributed by atoms with Gasteiger partial charge in [-0.05, 0) is 24.6 Å². The molecule has 0 aliphatic carbocycles. The lowest BCUT2D eigenvalue weighted by Crippen LogP contribution is -2.27. The number of para-hydroxylation sites is 1. The van der Waals surface area contributed by atoms with E-state index in [4.69, 9.17) is 11.1 Å². The molecule has 0 fully saturated rings. The molecule has 0 saturated heterocycles. The van der Waals surface area contributed by atoms with Gasteiger partial charge in [0.15, 0.2) is 5.17 Å². The first-order chi connectivity index (χ1) is 12.1. The summed E-state index contributed by atoms with van der Waals surface area (Å²) in [7, 11) is 0. The molecule has 136 valence electrons. The molecule has 0 bridgehead atoms. The van der Waals surface area contributed by atoms with Gasteiger partial charge in [-0.1, -0.05) is 48.2 Å². The van der Waals surface area contributed by atoms with Gasteiger partial charge in [-0.25, -0.2) is 0 Å². The Bertz CT molecular complexity index is 938. The Morgan fingerprint density at radius 1 is 1.19 bits per heavy atom. The second kappa shape index (κ2) is 9.09. The molecule has 0 spiro atoms. The molecule has 3 aromatic rings. The van der Waals surface area contributed by atoms with Crippen LogP contribution < -0.4 is 11.1 Å². The minimum absolute atomic E-state index is 0. The topological polar surface area (TPSA) is 83.9 Å². The van der Waals surface area contributed by atoms with Gasteiger partial charge in [-0.2, -0.15) is 0 Å². The van der Waals surface area contributed by atoms with Crippen molar-refractivity contribution in [2.24, 2.45) is 5.73 Å². The van der Waals surface area contributed by atoms with E-state index in [0.29, 0.717) is 18.7 Å². The molecule has 0 atom stereocenters. The van der Waals surface area contributed by atoms with Crippen molar-refractivity contribution in [3.63, 3.8) is 0 Å². The van der Waals surface area contributed by atoms with Crippen molar-refractivity contribution < 1.29 is 4.79 Å². The van der Waals surface area contributed by atoms with Gasteiger partial charge in [0.25, 0.3) is 5.91 Å². The molecule has 0 radical (unpaired) electrons. The number of carbonyl (C=O) groups is 1. The maximum absolute atomic E-state index is 12.3. The fourth-order valence-corrected chi connectivity index (χ4v) is 3.51. The molecular weight excluding hydrogens is 459 g/mol. The number of hydrogen-bond acceptors (Lipinski definition) is 3. The molecule has 0 unspecified atom stereocenters. The number of benzene rings is 2. The number of rotatable bonds is 5. The number of aryl methyl sites for hydroxylation is 1. The average molecular weight is 480 g/mol. The van der Waals surface area contributed by atoms with E-state index in [1.54, 1.807) is 0 Å². The normalized spacial score (nSPS) is 10.3. The van der Waals surface area contributed by atoms with Crippen LogP contribution in [0.5, 0.6) is 0 Å². The van der Waals surface area contributed by atoms with E-state index in [-0.39, 0.29) is 35.1 Å². The van der Waals surface area contributed by atoms with Crippen LogP contribution in [-0.2, 0) is 6.54 Å². The Morgan fingerprint density at radius 3 is 2.62 bits per heavy atom. The molecular formula is C19H21IN4OS. The van der Waals surface area contributed by atoms with Crippen molar-refractivity contribution in [3.05, 3.63) is 65.9 Å². The molecule has 26 heavy (non-hydrogen) atoms. The van der Waals surface area contributed by atoms with Gasteiger partial charge in [0.05, 0.1) is 0 Å². The maximum Gasteiger partial charge on any atom is 0.251 e. The number of amides is 1. The number of fused-ring (bicyclic) bond motifs is 1. The summed E-state index contributed by atoms with van der Waals surface area (Å²) in [4.78, 5) is 13.3. The third-order valence-corrected chi connectivity index (χ3v) is 4.77. The fraction of sp³-hybridized carbons (Fsp3) is 0.158. The molecule has 1 heterocycles. The minimum Gasteiger partial charge on any atom is -0.378 e. The minimum atomic E-state index is -0.0621. The van der Waals surface area contributed by atoms with Crippen LogP contribution in [0.4, 0.5) is 0 Å². The number of carbonyl (C=O) groups excluding carboxylic acids is 1. The molecule has 7 heteroatoms. The van der Waals surface area contributed by atoms with Gasteiger partial charge in [-0.15, -0.1) is 24.0 Å². The van der Waals surface area contributed by atoms with Gasteiger partial charge >= 0.3 is 0 Å². The van der Waals surface area contributed by atoms with Crippen LogP contribution in [0.25, 0.3) is 10.9 Å². The summed E-state index contributed by atoms with van der Waals surface area (Å²) < 4.78 is 2.08. The number of nitrogens with one attached hydrogen (secondary N) is 2. The van der Waals surface area contributed by atoms with Gasteiger partial charge in [-0.3, -0.25) is 10.2 Å². The third-order valence-electron chi connectivity index (χ3n) is 4.00. The molecule has 0 aliphatic heterocycles. The summed E-state index contributed by atoms with van der Waals surface area (Å²) in [6.07, 6.45) is 1.98. The third kappa shape index (κ3) is 4.59. The number of nitrogens with zero attached hydrogens (tertiary/aromatic N) is 1. The highest BCUT2D eigenvalue weighted by Gasteiger charge is 2.11. The fourth-order valence-electron chi connectivity index (χ4n) is 2.81. The maximum atomic E-state index is 12.3. The second-order valence-corrected chi connectivity index (χ2v) is 6.82. The molecule has 1 aromatic heterocycles. The van der Waals surface area contributed by atoms with Crippen molar-refractivity contribution >= 4 is 57.7 Å². The number of thioether (sulfide) groups is 1. The van der Waals surface area contributed by atoms with E-state index in [2.05, 4.69) is 9.88 Å². The molecule has 4 N–H and O–H groups in total. The van der Waals surface area contributed by atoms with E-state index >= 15 is 0 Å². The average Bonchev–Trinajstić information content (AvgIpc) is 2.93. The van der Waals surface area contributed by atoms with E-state index in [1.807, 2.05) is 61.7 Å². The molecule has 2 aromatic carbocycles. The van der Waals surface area contributed by atoms with Gasteiger partial charge in [0, 0.05) is 40.6 Å². The van der Waals surface area contributed by atoms with E-state index in [9.17, 15) is 4.79 Å². The molecule has 5 nitrogen and oxygen atoms in total. The summed E-state index contributed by atoms with van der Waals surface area (Å²) in [5, 5.41) is 11.6. The summed E-state index contributed by atoms with van der Waals surface area (Å²) in [5.74, 6) is -0.0621. The molecule has 1 amide bonds. The van der Waals surface area contributed by atoms with Crippen molar-refractivity contribution in [3.8, 4) is 0 Å². The number of halogens is 1. The number of hydrogen-bond donors (Lipinski definition) is 3. The zero-order chi connectivity index (χ0) is 17.8. The van der Waals surface area contributed by atoms with Gasteiger partial charge in [0.1, 0.15) is 0 Å². The van der Waals surface area contributed by atoms with Crippen molar-refractivity contribution in [2.75, 3.05) is 6.54 Å². The van der Waals surface area contributed by atoms with Crippen molar-refractivity contribution in [2.45, 2.75) is 18.4 Å². The first kappa shape index (κ1) is 20.3. The second-order valence-electron chi connectivity index (χ2n) is 5.74. The predicted molar refractivity (Wildman–Crippen MR) is 119 cm³/mol. The lowest BCUT2D eigenvalue weighted by atomic mass is 10.1. The first-order valence-corrected chi connectivity index (χ1v) is 8.81. The lowest BCUT2D eigenvalue weighted by molar-refractivity contribution is 0.0952. The largest absolute Gasteiger partial charge is 0.378 e. The van der Waals surface area contributed by atoms with E-state index < -0.39 is 0 Å². The van der Waals surface area contributed by atoms with Crippen molar-refractivity contribution in [1.29, 1.82) is 5.41 Å².